The van der Waals surface area contributed by atoms with Crippen LogP contribution < -0.4 is 0 Å². The second-order valence-corrected chi connectivity index (χ2v) is 5.41. The fourth-order valence-electron chi connectivity index (χ4n) is 1.98. The molecule has 0 fully saturated rings. The third-order valence-corrected chi connectivity index (χ3v) is 3.68. The standard InChI is InChI=1S/C17H17ClO/c1-11-4-6-14(7-5-11)10-17(19)15-8-12(2)13(3)9-16(15)18/h4-9H,10H2,1-3H3. The summed E-state index contributed by atoms with van der Waals surface area (Å²) in [6, 6.07) is 11.8. The molecule has 0 amide bonds. The molecule has 0 unspecified atom stereocenters. The van der Waals surface area contributed by atoms with Crippen LogP contribution in [0.3, 0.4) is 0 Å². The highest BCUT2D eigenvalue weighted by Gasteiger charge is 2.12. The molecular formula is C17H17ClO. The summed E-state index contributed by atoms with van der Waals surface area (Å²) in [6.07, 6.45) is 0.391. The number of hydrogen-bond donors (Lipinski definition) is 0. The van der Waals surface area contributed by atoms with Gasteiger partial charge in [0.1, 0.15) is 0 Å². The van der Waals surface area contributed by atoms with E-state index in [-0.39, 0.29) is 5.78 Å². The molecule has 0 atom stereocenters. The predicted octanol–water partition coefficient (Wildman–Crippen LogP) is 4.69. The Morgan fingerprint density at radius 3 is 2.21 bits per heavy atom. The van der Waals surface area contributed by atoms with Gasteiger partial charge in [-0.1, -0.05) is 41.4 Å². The third kappa shape index (κ3) is 3.24. The van der Waals surface area contributed by atoms with Crippen molar-refractivity contribution in [3.63, 3.8) is 0 Å². The van der Waals surface area contributed by atoms with E-state index in [1.807, 2.05) is 57.2 Å². The number of carbonyl (C=O) groups is 1. The van der Waals surface area contributed by atoms with Crippen molar-refractivity contribution in [1.82, 2.24) is 0 Å². The maximum Gasteiger partial charge on any atom is 0.168 e. The summed E-state index contributed by atoms with van der Waals surface area (Å²) in [4.78, 5) is 12.3. The minimum atomic E-state index is 0.0666. The van der Waals surface area contributed by atoms with E-state index in [1.54, 1.807) is 0 Å². The lowest BCUT2D eigenvalue weighted by molar-refractivity contribution is 0.0993. The Labute approximate surface area is 119 Å². The summed E-state index contributed by atoms with van der Waals surface area (Å²) < 4.78 is 0. The number of hydrogen-bond acceptors (Lipinski definition) is 1. The largest absolute Gasteiger partial charge is 0.294 e. The average Bonchev–Trinajstić information content (AvgIpc) is 2.36. The molecule has 0 heterocycles. The van der Waals surface area contributed by atoms with Gasteiger partial charge in [-0.15, -0.1) is 0 Å². The zero-order valence-corrected chi connectivity index (χ0v) is 12.2. The molecule has 0 aliphatic carbocycles. The van der Waals surface area contributed by atoms with Crippen LogP contribution in [0.15, 0.2) is 36.4 Å². The molecular weight excluding hydrogens is 256 g/mol. The quantitative estimate of drug-likeness (QED) is 0.741. The third-order valence-electron chi connectivity index (χ3n) is 3.37. The van der Waals surface area contributed by atoms with Crippen LogP contribution in [0.1, 0.15) is 32.6 Å². The van der Waals surface area contributed by atoms with Crippen molar-refractivity contribution in [2.45, 2.75) is 27.2 Å². The van der Waals surface area contributed by atoms with E-state index in [9.17, 15) is 4.79 Å². The van der Waals surface area contributed by atoms with Gasteiger partial charge in [0, 0.05) is 12.0 Å². The van der Waals surface area contributed by atoms with E-state index in [2.05, 4.69) is 0 Å². The van der Waals surface area contributed by atoms with Crippen LogP contribution in [-0.2, 0) is 6.42 Å². The van der Waals surface area contributed by atoms with Gasteiger partial charge in [-0.05, 0) is 49.6 Å². The summed E-state index contributed by atoms with van der Waals surface area (Å²) >= 11 is 6.17. The molecule has 19 heavy (non-hydrogen) atoms. The molecule has 0 aromatic heterocycles. The number of benzene rings is 2. The molecule has 2 aromatic rings. The van der Waals surface area contributed by atoms with E-state index in [0.29, 0.717) is 17.0 Å². The lowest BCUT2D eigenvalue weighted by atomic mass is 9.99. The summed E-state index contributed by atoms with van der Waals surface area (Å²) in [5.41, 5.74) is 5.03. The van der Waals surface area contributed by atoms with Gasteiger partial charge in [0.15, 0.2) is 5.78 Å². The van der Waals surface area contributed by atoms with Crippen LogP contribution in [0.2, 0.25) is 5.02 Å². The lowest BCUT2D eigenvalue weighted by Gasteiger charge is -2.08. The molecule has 2 heteroatoms. The van der Waals surface area contributed by atoms with Gasteiger partial charge in [0.2, 0.25) is 0 Å². The highest BCUT2D eigenvalue weighted by atomic mass is 35.5. The van der Waals surface area contributed by atoms with Crippen molar-refractivity contribution < 1.29 is 4.79 Å². The first-order valence-corrected chi connectivity index (χ1v) is 6.70. The van der Waals surface area contributed by atoms with Gasteiger partial charge in [0.05, 0.1) is 5.02 Å². The minimum Gasteiger partial charge on any atom is -0.294 e. The fraction of sp³-hybridized carbons (Fsp3) is 0.235. The molecule has 0 spiro atoms. The van der Waals surface area contributed by atoms with Crippen molar-refractivity contribution in [1.29, 1.82) is 0 Å². The number of ketones is 1. The van der Waals surface area contributed by atoms with E-state index in [1.165, 1.54) is 5.56 Å². The normalized spacial score (nSPS) is 10.5. The van der Waals surface area contributed by atoms with Crippen molar-refractivity contribution in [3.8, 4) is 0 Å². The number of Topliss-reactive ketones (excluding diaryl/α,β-unsaturated/α-hetero) is 1. The van der Waals surface area contributed by atoms with E-state index >= 15 is 0 Å². The topological polar surface area (TPSA) is 17.1 Å². The van der Waals surface area contributed by atoms with Crippen molar-refractivity contribution in [2.24, 2.45) is 0 Å². The summed E-state index contributed by atoms with van der Waals surface area (Å²) in [6.45, 7) is 6.02. The lowest BCUT2D eigenvalue weighted by Crippen LogP contribution is -2.05. The van der Waals surface area contributed by atoms with Crippen LogP contribution in [0.25, 0.3) is 0 Å². The van der Waals surface area contributed by atoms with Crippen molar-refractivity contribution >= 4 is 17.4 Å². The SMILES string of the molecule is Cc1ccc(CC(=O)c2cc(C)c(C)cc2Cl)cc1. The predicted molar refractivity (Wildman–Crippen MR) is 80.1 cm³/mol. The average molecular weight is 273 g/mol. The molecule has 0 N–H and O–H groups in total. The Balaban J connectivity index is 2.25. The van der Waals surface area contributed by atoms with Gasteiger partial charge in [0.25, 0.3) is 0 Å². The molecule has 1 nitrogen and oxygen atoms in total. The van der Waals surface area contributed by atoms with Gasteiger partial charge in [-0.2, -0.15) is 0 Å². The Morgan fingerprint density at radius 2 is 1.58 bits per heavy atom. The first-order valence-electron chi connectivity index (χ1n) is 6.33. The van der Waals surface area contributed by atoms with Crippen LogP contribution in [-0.4, -0.2) is 5.78 Å². The summed E-state index contributed by atoms with van der Waals surface area (Å²) in [7, 11) is 0. The Hall–Kier alpha value is -1.60. The van der Waals surface area contributed by atoms with E-state index in [4.69, 9.17) is 11.6 Å². The highest BCUT2D eigenvalue weighted by molar-refractivity contribution is 6.34. The van der Waals surface area contributed by atoms with Crippen LogP contribution >= 0.6 is 11.6 Å². The molecule has 0 saturated heterocycles. The smallest absolute Gasteiger partial charge is 0.168 e. The highest BCUT2D eigenvalue weighted by Crippen LogP contribution is 2.22. The zero-order valence-electron chi connectivity index (χ0n) is 11.5. The molecule has 2 rings (SSSR count). The number of carbonyl (C=O) groups excluding carboxylic acids is 1. The molecule has 0 saturated carbocycles. The maximum absolute atomic E-state index is 12.3. The van der Waals surface area contributed by atoms with Crippen LogP contribution in [0.5, 0.6) is 0 Å². The van der Waals surface area contributed by atoms with Crippen molar-refractivity contribution in [2.75, 3.05) is 0 Å². The number of halogens is 1. The fourth-order valence-corrected chi connectivity index (χ4v) is 2.30. The second-order valence-electron chi connectivity index (χ2n) is 5.00. The molecule has 0 aliphatic rings. The Kier molecular flexibility index (Phi) is 4.06. The molecule has 0 bridgehead atoms. The molecule has 0 aliphatic heterocycles. The Bertz CT molecular complexity index is 612. The van der Waals surface area contributed by atoms with Gasteiger partial charge < -0.3 is 0 Å². The van der Waals surface area contributed by atoms with Crippen LogP contribution in [0, 0.1) is 20.8 Å². The first kappa shape index (κ1) is 13.8. The van der Waals surface area contributed by atoms with Gasteiger partial charge in [-0.25, -0.2) is 0 Å². The Morgan fingerprint density at radius 1 is 1.00 bits per heavy atom. The second kappa shape index (κ2) is 5.58. The van der Waals surface area contributed by atoms with Crippen molar-refractivity contribution in [3.05, 3.63) is 69.2 Å². The van der Waals surface area contributed by atoms with Gasteiger partial charge in [-0.3, -0.25) is 4.79 Å². The molecule has 0 radical (unpaired) electrons. The monoisotopic (exact) mass is 272 g/mol. The minimum absolute atomic E-state index is 0.0666. The maximum atomic E-state index is 12.3. The van der Waals surface area contributed by atoms with E-state index < -0.39 is 0 Å². The van der Waals surface area contributed by atoms with Crippen LogP contribution in [0.4, 0.5) is 0 Å². The number of rotatable bonds is 3. The zero-order chi connectivity index (χ0) is 14.0. The van der Waals surface area contributed by atoms with Gasteiger partial charge >= 0.3 is 0 Å². The molecule has 2 aromatic carbocycles. The summed E-state index contributed by atoms with van der Waals surface area (Å²) in [5, 5.41) is 0.542. The number of aryl methyl sites for hydroxylation is 3. The van der Waals surface area contributed by atoms with E-state index in [0.717, 1.165) is 16.7 Å². The first-order chi connectivity index (χ1) is 8.97. The summed E-state index contributed by atoms with van der Waals surface area (Å²) in [5.74, 6) is 0.0666. The molecule has 98 valence electrons.